The number of benzene rings is 1. The lowest BCUT2D eigenvalue weighted by Gasteiger charge is -2.67. The second-order valence-electron chi connectivity index (χ2n) is 23.9. The standard InChI is InChI=1S/C65H89NO17/c1-13-14-15-16-17-18-19-20-21-22-23-24-25-26-27-28-29-30-34-37-50(69)79-52(46(38-42(2)3)66-59(73)83-61(6,7)8)58(72)78-47-40-65(75)56(81-57(71)45-35-32-31-33-36-45)54-63(11,48(68)39-49-64(54,41-77-49)82-44(5)67)55(70)53(80-60(74)76-12)51(43(47)4)62(65,9)10/h14-15,17-18,20-21,23-24,26-27,29-33,35-36,42,46-49,52-54,56,68,75H,13,16,19,22,25,28,34,37-41H2,1-12H3,(H,66,73)/b15-14-,18-17-,21-20-,24-23-,27-26-,30-29-/t46-,47-,48-,49+,52+,53+,54?,56?,63+,64-,65+/m0/s1. The molecule has 2 unspecified atom stereocenters. The Morgan fingerprint density at radius 1 is 0.831 bits per heavy atom. The number of aliphatic hydroxyl groups excluding tert-OH is 1. The Balaban J connectivity index is 1.50. The summed E-state index contributed by atoms with van der Waals surface area (Å²) in [6.45, 7) is 17.5. The van der Waals surface area contributed by atoms with Crippen LogP contribution < -0.4 is 5.32 Å². The number of nitrogens with one attached hydrogen (secondary N) is 1. The van der Waals surface area contributed by atoms with E-state index in [2.05, 4.69) is 60.8 Å². The van der Waals surface area contributed by atoms with Crippen molar-refractivity contribution in [3.05, 3.63) is 120 Å². The molecule has 0 spiro atoms. The summed E-state index contributed by atoms with van der Waals surface area (Å²) in [5, 5.41) is 29.0. The molecular weight excluding hydrogens is 1070 g/mol. The number of rotatable bonds is 25. The highest BCUT2D eigenvalue weighted by Crippen LogP contribution is 2.64. The van der Waals surface area contributed by atoms with Gasteiger partial charge in [0.05, 0.1) is 42.8 Å². The van der Waals surface area contributed by atoms with Gasteiger partial charge < -0.3 is 53.4 Å². The largest absolute Gasteiger partial charge is 0.509 e. The zero-order valence-electron chi connectivity index (χ0n) is 50.5. The lowest BCUT2D eigenvalue weighted by atomic mass is 9.44. The predicted octanol–water partition coefficient (Wildman–Crippen LogP) is 10.8. The van der Waals surface area contributed by atoms with Gasteiger partial charge >= 0.3 is 36.1 Å². The Morgan fingerprint density at radius 2 is 1.40 bits per heavy atom. The number of fused-ring (bicyclic) bond motifs is 5. The molecule has 0 radical (unpaired) electrons. The first-order chi connectivity index (χ1) is 39.2. The fourth-order valence-electron chi connectivity index (χ4n) is 11.8. The molecule has 0 aromatic heterocycles. The van der Waals surface area contributed by atoms with Crippen molar-refractivity contribution in [2.45, 2.75) is 206 Å². The second kappa shape index (κ2) is 29.8. The van der Waals surface area contributed by atoms with Crippen molar-refractivity contribution < 1.29 is 81.7 Å². The molecule has 4 aliphatic rings. The monoisotopic (exact) mass is 1160 g/mol. The van der Waals surface area contributed by atoms with Crippen LogP contribution >= 0.6 is 0 Å². The molecule has 3 fully saturated rings. The summed E-state index contributed by atoms with van der Waals surface area (Å²) in [7, 11) is 1.03. The van der Waals surface area contributed by atoms with Crippen molar-refractivity contribution in [1.82, 2.24) is 5.32 Å². The van der Waals surface area contributed by atoms with Crippen molar-refractivity contribution in [2.75, 3.05) is 13.7 Å². The molecule has 3 aliphatic carbocycles. The average molecular weight is 1160 g/mol. The number of allylic oxidation sites excluding steroid dienone is 12. The van der Waals surface area contributed by atoms with Crippen molar-refractivity contribution in [3.8, 4) is 0 Å². The number of esters is 4. The van der Waals surface area contributed by atoms with Crippen molar-refractivity contribution in [1.29, 1.82) is 0 Å². The number of amides is 1. The highest BCUT2D eigenvalue weighted by Gasteiger charge is 2.78. The third-order valence-corrected chi connectivity index (χ3v) is 15.9. The van der Waals surface area contributed by atoms with Crippen LogP contribution in [0.4, 0.5) is 9.59 Å². The lowest BCUT2D eigenvalue weighted by molar-refractivity contribution is -0.346. The number of carbonyl (C=O) groups is 7. The molecule has 18 nitrogen and oxygen atoms in total. The Kier molecular flexibility index (Phi) is 24.1. The molecule has 11 atom stereocenters. The summed E-state index contributed by atoms with van der Waals surface area (Å²) < 4.78 is 47.4. The molecule has 3 N–H and O–H groups in total. The van der Waals surface area contributed by atoms with Crippen LogP contribution in [0.25, 0.3) is 0 Å². The van der Waals surface area contributed by atoms with E-state index < -0.39 is 125 Å². The highest BCUT2D eigenvalue weighted by molar-refractivity contribution is 5.95. The van der Waals surface area contributed by atoms with E-state index in [4.69, 9.17) is 37.9 Å². The zero-order valence-corrected chi connectivity index (χ0v) is 50.5. The molecule has 18 heteroatoms. The first kappa shape index (κ1) is 67.2. The van der Waals surface area contributed by atoms with E-state index in [1.807, 2.05) is 38.2 Å². The van der Waals surface area contributed by atoms with Gasteiger partial charge in [0, 0.05) is 31.6 Å². The number of hydrogen-bond acceptors (Lipinski definition) is 17. The van der Waals surface area contributed by atoms with Crippen molar-refractivity contribution in [3.63, 3.8) is 0 Å². The minimum Gasteiger partial charge on any atom is -0.455 e. The van der Waals surface area contributed by atoms with Gasteiger partial charge in [-0.1, -0.05) is 126 Å². The molecule has 5 rings (SSSR count). The Morgan fingerprint density at radius 3 is 1.90 bits per heavy atom. The maximum absolute atomic E-state index is 15.8. The van der Waals surface area contributed by atoms with Gasteiger partial charge in [0.25, 0.3) is 0 Å². The van der Waals surface area contributed by atoms with Gasteiger partial charge in [-0.2, -0.15) is 0 Å². The van der Waals surface area contributed by atoms with E-state index in [9.17, 15) is 34.2 Å². The maximum Gasteiger partial charge on any atom is 0.509 e. The van der Waals surface area contributed by atoms with Crippen molar-refractivity contribution >= 4 is 41.9 Å². The van der Waals surface area contributed by atoms with E-state index in [0.29, 0.717) is 6.42 Å². The predicted molar refractivity (Wildman–Crippen MR) is 310 cm³/mol. The molecule has 456 valence electrons. The molecule has 83 heavy (non-hydrogen) atoms. The normalized spacial score (nSPS) is 27.6. The van der Waals surface area contributed by atoms with Gasteiger partial charge in [-0.05, 0) is 115 Å². The van der Waals surface area contributed by atoms with Gasteiger partial charge in [0.1, 0.15) is 29.5 Å². The number of methoxy groups -OCH3 is 1. The summed E-state index contributed by atoms with van der Waals surface area (Å²) >= 11 is 0. The summed E-state index contributed by atoms with van der Waals surface area (Å²) in [6, 6.07) is 6.57. The van der Waals surface area contributed by atoms with Crippen LogP contribution in [0.2, 0.25) is 0 Å². The first-order valence-electron chi connectivity index (χ1n) is 29.0. The topological polar surface area (TPSA) is 246 Å². The fraction of sp³-hybridized carbons (Fsp3) is 0.585. The Hall–Kier alpha value is -6.63. The Bertz CT molecular complexity index is 2660. The summed E-state index contributed by atoms with van der Waals surface area (Å²) in [5.74, 6) is -6.53. The minimum atomic E-state index is -2.48. The third-order valence-electron chi connectivity index (χ3n) is 15.9. The van der Waals surface area contributed by atoms with Gasteiger partial charge in [-0.3, -0.25) is 14.4 Å². The van der Waals surface area contributed by atoms with E-state index in [-0.39, 0.29) is 54.9 Å². The number of alkyl carbamates (subject to hydrolysis) is 1. The van der Waals surface area contributed by atoms with E-state index in [1.54, 1.807) is 39.0 Å². The molecule has 1 aromatic carbocycles. The fourth-order valence-corrected chi connectivity index (χ4v) is 11.8. The molecule has 1 heterocycles. The number of ketones is 1. The summed E-state index contributed by atoms with van der Waals surface area (Å²) in [4.78, 5) is 99.6. The number of carbonyl (C=O) groups excluding carboxylic acids is 7. The van der Waals surface area contributed by atoms with Crippen LogP contribution in [-0.2, 0) is 57.1 Å². The molecular formula is C65H89NO17. The number of aliphatic hydroxyl groups is 2. The third kappa shape index (κ3) is 16.6. The molecule has 1 aliphatic heterocycles. The SMILES string of the molecule is CC/C=C\C/C=C\C/C=C\C/C=C\C/C=C\C/C=C\CCC(=O)O[C@@H](C(=O)O[C@H]1C[C@@]2(O)C(OC(=O)c3ccccc3)C3[C@](C)(C(=O)[C@H](OC(=O)OC)C(=C1C)C2(C)C)[C@@H](O)C[C@H]1OC[C@@]31OC(C)=O)[C@H](CC(C)C)NC(=O)OC(C)(C)C. The van der Waals surface area contributed by atoms with Crippen LogP contribution in [0.15, 0.2) is 114 Å². The molecule has 2 bridgehead atoms. The highest BCUT2D eigenvalue weighted by atomic mass is 16.7. The maximum atomic E-state index is 15.8. The first-order valence-corrected chi connectivity index (χ1v) is 29.0. The second-order valence-corrected chi connectivity index (χ2v) is 23.9. The van der Waals surface area contributed by atoms with Crippen LogP contribution in [0, 0.1) is 22.7 Å². The number of Topliss-reactive ketones (excluding diaryl/α,β-unsaturated/α-hetero) is 1. The van der Waals surface area contributed by atoms with Crippen molar-refractivity contribution in [2.24, 2.45) is 22.7 Å². The molecule has 1 amide bonds. The van der Waals surface area contributed by atoms with Gasteiger partial charge in [-0.15, -0.1) is 0 Å². The Labute approximate surface area is 489 Å². The van der Waals surface area contributed by atoms with Gasteiger partial charge in [0.15, 0.2) is 17.5 Å². The quantitative estimate of drug-likeness (QED) is 0.0468. The molecule has 1 saturated heterocycles. The molecule has 1 aromatic rings. The number of hydrogen-bond donors (Lipinski definition) is 3. The van der Waals surface area contributed by atoms with E-state index in [0.717, 1.165) is 46.1 Å². The summed E-state index contributed by atoms with van der Waals surface area (Å²) in [5.41, 5.74) is -9.13. The van der Waals surface area contributed by atoms with Gasteiger partial charge in [-0.25, -0.2) is 19.2 Å². The number of ether oxygens (including phenoxy) is 8. The van der Waals surface area contributed by atoms with Gasteiger partial charge in [0.2, 0.25) is 6.10 Å². The van der Waals surface area contributed by atoms with Crippen LogP contribution in [0.1, 0.15) is 157 Å². The zero-order chi connectivity index (χ0) is 61.3. The molecule has 2 saturated carbocycles. The van der Waals surface area contributed by atoms with Crippen LogP contribution in [-0.4, -0.2) is 125 Å². The van der Waals surface area contributed by atoms with Crippen LogP contribution in [0.3, 0.4) is 0 Å². The van der Waals surface area contributed by atoms with E-state index in [1.165, 1.54) is 39.8 Å². The summed E-state index contributed by atoms with van der Waals surface area (Å²) in [6.07, 6.45) is 17.1. The smallest absolute Gasteiger partial charge is 0.455 e. The minimum absolute atomic E-state index is 0.0417. The van der Waals surface area contributed by atoms with Crippen LogP contribution in [0.5, 0.6) is 0 Å². The van der Waals surface area contributed by atoms with E-state index >= 15 is 9.59 Å². The average Bonchev–Trinajstić information content (AvgIpc) is 0.708. The lowest BCUT2D eigenvalue weighted by Crippen LogP contribution is -2.82.